The van der Waals surface area contributed by atoms with Crippen molar-refractivity contribution in [3.05, 3.63) is 0 Å². The number of ether oxygens (including phenoxy) is 1. The summed E-state index contributed by atoms with van der Waals surface area (Å²) >= 11 is 0. The van der Waals surface area contributed by atoms with Crippen LogP contribution < -0.4 is 0 Å². The van der Waals surface area contributed by atoms with Gasteiger partial charge in [0.2, 0.25) is 0 Å². The van der Waals surface area contributed by atoms with Gasteiger partial charge in [0.05, 0.1) is 0 Å². The smallest absolute Gasteiger partial charge is 0.410 e. The van der Waals surface area contributed by atoms with Crippen molar-refractivity contribution in [2.24, 2.45) is 0 Å². The van der Waals surface area contributed by atoms with Crippen LogP contribution in [0.1, 0.15) is 32.1 Å². The summed E-state index contributed by atoms with van der Waals surface area (Å²) in [6.07, 6.45) is 4.74. The molecule has 0 spiro atoms. The van der Waals surface area contributed by atoms with Gasteiger partial charge in [-0.15, -0.1) is 0 Å². The highest BCUT2D eigenvalue weighted by Crippen LogP contribution is 2.11. The molecule has 0 aromatic carbocycles. The van der Waals surface area contributed by atoms with E-state index < -0.39 is 0 Å². The zero-order chi connectivity index (χ0) is 10.4. The molecule has 0 radical (unpaired) electrons. The maximum Gasteiger partial charge on any atom is 0.410 e. The van der Waals surface area contributed by atoms with E-state index in [4.69, 9.17) is 4.74 Å². The maximum absolute atomic E-state index is 11.2. The Labute approximate surface area is 85.4 Å². The Hall–Kier alpha value is -1.17. The molecule has 1 rings (SSSR count). The molecule has 3 nitrogen and oxygen atoms in total. The number of rotatable bonds is 1. The van der Waals surface area contributed by atoms with Gasteiger partial charge >= 0.3 is 6.09 Å². The standard InChI is InChI=1S/C11H17NO2/c1-12(2)11(13)14-10-8-6-4-3-5-7-9-10/h10H,3-6,8H2,1-2H3. The Balaban J connectivity index is 2.45. The fourth-order valence-corrected chi connectivity index (χ4v) is 1.29. The molecule has 14 heavy (non-hydrogen) atoms. The third kappa shape index (κ3) is 3.69. The van der Waals surface area contributed by atoms with Crippen LogP contribution >= 0.6 is 0 Å². The molecule has 0 saturated heterocycles. The highest BCUT2D eigenvalue weighted by atomic mass is 16.6. The molecule has 1 aliphatic rings. The minimum absolute atomic E-state index is 0.204. The van der Waals surface area contributed by atoms with Crippen LogP contribution in [0.5, 0.6) is 0 Å². The third-order valence-corrected chi connectivity index (χ3v) is 2.14. The van der Waals surface area contributed by atoms with E-state index in [1.807, 2.05) is 0 Å². The van der Waals surface area contributed by atoms with Gasteiger partial charge in [-0.05, 0) is 19.3 Å². The first-order valence-corrected chi connectivity index (χ1v) is 5.06. The Bertz CT molecular complexity index is 250. The minimum Gasteiger partial charge on any atom is -0.433 e. The topological polar surface area (TPSA) is 29.5 Å². The molecule has 0 fully saturated rings. The van der Waals surface area contributed by atoms with Crippen molar-refractivity contribution in [1.82, 2.24) is 4.90 Å². The molecule has 0 N–H and O–H groups in total. The number of hydrogen-bond donors (Lipinski definition) is 0. The molecular formula is C11H17NO2. The predicted molar refractivity (Wildman–Crippen MR) is 54.8 cm³/mol. The van der Waals surface area contributed by atoms with Crippen molar-refractivity contribution in [3.63, 3.8) is 0 Å². The lowest BCUT2D eigenvalue weighted by molar-refractivity contribution is 0.0927. The summed E-state index contributed by atoms with van der Waals surface area (Å²) in [5.74, 6) is 6.02. The molecule has 0 saturated carbocycles. The van der Waals surface area contributed by atoms with E-state index in [-0.39, 0.29) is 12.2 Å². The van der Waals surface area contributed by atoms with Crippen LogP contribution in [0.3, 0.4) is 0 Å². The zero-order valence-corrected chi connectivity index (χ0v) is 8.88. The molecule has 1 amide bonds. The van der Waals surface area contributed by atoms with Crippen LogP contribution in [0.4, 0.5) is 4.79 Å². The second-order valence-electron chi connectivity index (χ2n) is 3.69. The van der Waals surface area contributed by atoms with Gasteiger partial charge in [-0.25, -0.2) is 4.79 Å². The molecule has 1 unspecified atom stereocenters. The second kappa shape index (κ2) is 5.54. The number of amides is 1. The van der Waals surface area contributed by atoms with Crippen molar-refractivity contribution in [2.45, 2.75) is 38.2 Å². The fraction of sp³-hybridized carbons (Fsp3) is 0.727. The van der Waals surface area contributed by atoms with E-state index in [1.54, 1.807) is 14.1 Å². The third-order valence-electron chi connectivity index (χ3n) is 2.14. The average molecular weight is 195 g/mol. The molecule has 0 aromatic rings. The zero-order valence-electron chi connectivity index (χ0n) is 8.88. The Morgan fingerprint density at radius 1 is 1.36 bits per heavy atom. The van der Waals surface area contributed by atoms with Crippen molar-refractivity contribution in [1.29, 1.82) is 0 Å². The van der Waals surface area contributed by atoms with E-state index in [1.165, 1.54) is 17.7 Å². The summed E-state index contributed by atoms with van der Waals surface area (Å²) in [6, 6.07) is 0. The Morgan fingerprint density at radius 2 is 2.14 bits per heavy atom. The van der Waals surface area contributed by atoms with Crippen molar-refractivity contribution >= 4 is 6.09 Å². The molecule has 0 heterocycles. The van der Waals surface area contributed by atoms with Gasteiger partial charge in [0.15, 0.2) is 6.10 Å². The van der Waals surface area contributed by atoms with E-state index in [0.717, 1.165) is 19.3 Å². The SMILES string of the molecule is CN(C)C(=O)OC1C#CCCCCC1. The van der Waals surface area contributed by atoms with E-state index in [2.05, 4.69) is 11.8 Å². The van der Waals surface area contributed by atoms with Crippen LogP contribution in [0.15, 0.2) is 0 Å². The normalized spacial score (nSPS) is 21.1. The molecule has 0 bridgehead atoms. The van der Waals surface area contributed by atoms with Crippen LogP contribution in [-0.2, 0) is 4.74 Å². The second-order valence-corrected chi connectivity index (χ2v) is 3.69. The summed E-state index contributed by atoms with van der Waals surface area (Å²) in [7, 11) is 3.36. The van der Waals surface area contributed by atoms with Gasteiger partial charge in [0, 0.05) is 20.5 Å². The van der Waals surface area contributed by atoms with Crippen LogP contribution in [0, 0.1) is 11.8 Å². The lowest BCUT2D eigenvalue weighted by atomic mass is 10.1. The van der Waals surface area contributed by atoms with Gasteiger partial charge < -0.3 is 9.64 Å². The Kier molecular flexibility index (Phi) is 4.31. The maximum atomic E-state index is 11.2. The summed E-state index contributed by atoms with van der Waals surface area (Å²) in [5.41, 5.74) is 0. The fourth-order valence-electron chi connectivity index (χ4n) is 1.29. The first kappa shape index (κ1) is 10.9. The van der Waals surface area contributed by atoms with E-state index >= 15 is 0 Å². The number of carbonyl (C=O) groups excluding carboxylic acids is 1. The van der Waals surface area contributed by atoms with Gasteiger partial charge in [0.25, 0.3) is 0 Å². The first-order valence-electron chi connectivity index (χ1n) is 5.06. The number of carbonyl (C=O) groups is 1. The quantitative estimate of drug-likeness (QED) is 0.599. The number of hydrogen-bond acceptors (Lipinski definition) is 2. The van der Waals surface area contributed by atoms with Gasteiger partial charge in [0.1, 0.15) is 0 Å². The Morgan fingerprint density at radius 3 is 2.86 bits per heavy atom. The van der Waals surface area contributed by atoms with Gasteiger partial charge in [-0.2, -0.15) is 0 Å². The predicted octanol–water partition coefficient (Wildman–Crippen LogP) is 2.02. The molecule has 3 heteroatoms. The summed E-state index contributed by atoms with van der Waals surface area (Å²) in [5, 5.41) is 0. The monoisotopic (exact) mass is 195 g/mol. The summed E-state index contributed by atoms with van der Waals surface area (Å²) < 4.78 is 5.20. The minimum atomic E-state index is -0.301. The summed E-state index contributed by atoms with van der Waals surface area (Å²) in [4.78, 5) is 12.7. The lowest BCUT2D eigenvalue weighted by Crippen LogP contribution is -2.27. The summed E-state index contributed by atoms with van der Waals surface area (Å²) in [6.45, 7) is 0. The lowest BCUT2D eigenvalue weighted by Gasteiger charge is -2.16. The van der Waals surface area contributed by atoms with Crippen molar-refractivity contribution < 1.29 is 9.53 Å². The molecule has 1 aliphatic carbocycles. The van der Waals surface area contributed by atoms with Gasteiger partial charge in [-0.1, -0.05) is 18.3 Å². The van der Waals surface area contributed by atoms with Crippen LogP contribution in [0.2, 0.25) is 0 Å². The van der Waals surface area contributed by atoms with E-state index in [0.29, 0.717) is 0 Å². The van der Waals surface area contributed by atoms with Crippen molar-refractivity contribution in [3.8, 4) is 11.8 Å². The van der Waals surface area contributed by atoms with Crippen LogP contribution in [-0.4, -0.2) is 31.2 Å². The highest BCUT2D eigenvalue weighted by molar-refractivity contribution is 5.67. The molecular weight excluding hydrogens is 178 g/mol. The largest absolute Gasteiger partial charge is 0.433 e. The van der Waals surface area contributed by atoms with Crippen LogP contribution in [0.25, 0.3) is 0 Å². The molecule has 78 valence electrons. The van der Waals surface area contributed by atoms with Gasteiger partial charge in [-0.3, -0.25) is 0 Å². The van der Waals surface area contributed by atoms with E-state index in [9.17, 15) is 4.79 Å². The molecule has 0 aliphatic heterocycles. The average Bonchev–Trinajstić information content (AvgIpc) is 2.08. The molecule has 1 atom stereocenters. The number of nitrogens with zero attached hydrogens (tertiary/aromatic N) is 1. The highest BCUT2D eigenvalue weighted by Gasteiger charge is 2.13. The van der Waals surface area contributed by atoms with Crippen molar-refractivity contribution in [2.75, 3.05) is 14.1 Å². The first-order chi connectivity index (χ1) is 6.70. The molecule has 0 aromatic heterocycles.